The molecular formula is C30H35N7O4S. The number of fused-ring (bicyclic) bond motifs is 1. The molecule has 3 atom stereocenters. The van der Waals surface area contributed by atoms with E-state index in [1.807, 2.05) is 47.8 Å². The van der Waals surface area contributed by atoms with Crippen LogP contribution in [-0.2, 0) is 38.4 Å². The largest absolute Gasteiger partial charge is 0.353 e. The summed E-state index contributed by atoms with van der Waals surface area (Å²) >= 11 is 1.58. The lowest BCUT2D eigenvalue weighted by molar-refractivity contribution is -0.134. The van der Waals surface area contributed by atoms with Crippen molar-refractivity contribution in [1.29, 1.82) is 0 Å². The van der Waals surface area contributed by atoms with Crippen LogP contribution in [0.25, 0.3) is 10.1 Å². The highest BCUT2D eigenvalue weighted by Crippen LogP contribution is 2.39. The summed E-state index contributed by atoms with van der Waals surface area (Å²) in [5.41, 5.74) is 11.2. The van der Waals surface area contributed by atoms with E-state index in [2.05, 4.69) is 32.3 Å². The molecule has 42 heavy (non-hydrogen) atoms. The molecule has 2 aromatic carbocycles. The van der Waals surface area contributed by atoms with Gasteiger partial charge in [0.15, 0.2) is 0 Å². The van der Waals surface area contributed by atoms with Gasteiger partial charge in [-0.05, 0) is 60.2 Å². The molecule has 1 saturated heterocycles. The molecule has 1 unspecified atom stereocenters. The first kappa shape index (κ1) is 28.3. The van der Waals surface area contributed by atoms with Gasteiger partial charge in [0.25, 0.3) is 0 Å². The lowest BCUT2D eigenvalue weighted by atomic mass is 9.99. The van der Waals surface area contributed by atoms with E-state index in [1.54, 1.807) is 30.1 Å². The Morgan fingerprint density at radius 3 is 2.71 bits per heavy atom. The van der Waals surface area contributed by atoms with Gasteiger partial charge >= 0.3 is 0 Å². The molecule has 0 aliphatic carbocycles. The molecule has 4 amide bonds. The van der Waals surface area contributed by atoms with Gasteiger partial charge in [0, 0.05) is 24.2 Å². The molecule has 0 spiro atoms. The number of rotatable bonds is 8. The highest BCUT2D eigenvalue weighted by atomic mass is 32.1. The molecule has 3 aromatic rings. The third-order valence-corrected chi connectivity index (χ3v) is 9.19. The van der Waals surface area contributed by atoms with Crippen molar-refractivity contribution in [3.63, 3.8) is 0 Å². The molecule has 1 fully saturated rings. The molecule has 6 rings (SSSR count). The number of hydrogen-bond donors (Lipinski definition) is 6. The van der Waals surface area contributed by atoms with Crippen LogP contribution in [0.15, 0.2) is 47.8 Å². The zero-order valence-electron chi connectivity index (χ0n) is 23.6. The van der Waals surface area contributed by atoms with E-state index in [4.69, 9.17) is 0 Å². The lowest BCUT2D eigenvalue weighted by Gasteiger charge is -2.31. The van der Waals surface area contributed by atoms with Gasteiger partial charge in [-0.1, -0.05) is 36.4 Å². The molecule has 0 saturated carbocycles. The fraction of sp³-hybridized carbons (Fsp3) is 0.400. The first-order valence-corrected chi connectivity index (χ1v) is 15.1. The van der Waals surface area contributed by atoms with Crippen molar-refractivity contribution in [2.45, 2.75) is 63.2 Å². The predicted molar refractivity (Wildman–Crippen MR) is 160 cm³/mol. The van der Waals surface area contributed by atoms with Crippen LogP contribution in [0.1, 0.15) is 37.0 Å². The van der Waals surface area contributed by atoms with Crippen LogP contribution in [0.5, 0.6) is 0 Å². The number of anilines is 1. The minimum atomic E-state index is -1.26. The van der Waals surface area contributed by atoms with Crippen molar-refractivity contribution in [2.24, 2.45) is 0 Å². The van der Waals surface area contributed by atoms with Crippen molar-refractivity contribution in [3.8, 4) is 0 Å². The minimum absolute atomic E-state index is 0.0241. The fourth-order valence-electron chi connectivity index (χ4n) is 5.95. The molecule has 4 heterocycles. The Bertz CT molecular complexity index is 1550. The summed E-state index contributed by atoms with van der Waals surface area (Å²) in [6, 6.07) is 12.3. The molecule has 11 nitrogen and oxygen atoms in total. The van der Waals surface area contributed by atoms with Crippen molar-refractivity contribution >= 4 is 50.7 Å². The zero-order chi connectivity index (χ0) is 29.4. The van der Waals surface area contributed by atoms with E-state index >= 15 is 0 Å². The zero-order valence-corrected chi connectivity index (χ0v) is 24.4. The second-order valence-electron chi connectivity index (χ2n) is 11.6. The molecule has 3 aliphatic heterocycles. The van der Waals surface area contributed by atoms with Gasteiger partial charge in [0.1, 0.15) is 17.6 Å². The highest BCUT2D eigenvalue weighted by Gasteiger charge is 2.45. The van der Waals surface area contributed by atoms with E-state index in [-0.39, 0.29) is 30.2 Å². The molecule has 3 aliphatic rings. The second kappa shape index (κ2) is 11.4. The maximum Gasteiger partial charge on any atom is 0.250 e. The fourth-order valence-corrected chi connectivity index (χ4v) is 6.91. The highest BCUT2D eigenvalue weighted by molar-refractivity contribution is 7.17. The van der Waals surface area contributed by atoms with Gasteiger partial charge in [-0.2, -0.15) is 5.53 Å². The van der Waals surface area contributed by atoms with Crippen LogP contribution >= 0.6 is 11.3 Å². The standard InChI is InChI=1S/C30H35N7O4S/c1-30(2,34-25(38)13-19-16-42-24-9-4-3-8-21(19)24)29(41)33-22-11-10-17-6-5-7-18-12-23(37(26(17)18)28(22)40)27(39)31-14-20-15-32-36-35-20/h3-9,16,20,22-23,32,35-36H,10-15H2,1-2H3,(H,31,39)(H,33,41)(H,34,38)/t20?,22-,23-/m0/s1. The Morgan fingerprint density at radius 2 is 1.90 bits per heavy atom. The van der Waals surface area contributed by atoms with Gasteiger partial charge in [0.2, 0.25) is 23.6 Å². The SMILES string of the molecule is CC(C)(NC(=O)Cc1csc2ccccc12)C(=O)N[C@H]1CCc2cccc3c2N(C1=O)[C@H](C(=O)NCC1CNNN1)C3. The Hall–Kier alpha value is -3.84. The molecule has 0 radical (unpaired) electrons. The summed E-state index contributed by atoms with van der Waals surface area (Å²) in [6.45, 7) is 4.32. The van der Waals surface area contributed by atoms with Crippen molar-refractivity contribution in [2.75, 3.05) is 18.0 Å². The van der Waals surface area contributed by atoms with Crippen LogP contribution in [0, 0.1) is 0 Å². The monoisotopic (exact) mass is 589 g/mol. The minimum Gasteiger partial charge on any atom is -0.353 e. The van der Waals surface area contributed by atoms with Crippen LogP contribution in [0.2, 0.25) is 0 Å². The van der Waals surface area contributed by atoms with Gasteiger partial charge in [-0.3, -0.25) is 24.1 Å². The normalized spacial score (nSPS) is 21.6. The van der Waals surface area contributed by atoms with Gasteiger partial charge < -0.3 is 16.0 Å². The number of hydrogen-bond acceptors (Lipinski definition) is 8. The molecule has 0 bridgehead atoms. The molecule has 6 N–H and O–H groups in total. The van der Waals surface area contributed by atoms with E-state index in [0.29, 0.717) is 32.4 Å². The average molecular weight is 590 g/mol. The third kappa shape index (κ3) is 5.50. The van der Waals surface area contributed by atoms with Crippen LogP contribution in [-0.4, -0.2) is 60.4 Å². The molecular weight excluding hydrogens is 554 g/mol. The number of carbonyl (C=O) groups is 4. The Balaban J connectivity index is 1.14. The number of hydrazine groups is 2. The summed E-state index contributed by atoms with van der Waals surface area (Å²) in [5.74, 6) is -1.29. The molecule has 1 aromatic heterocycles. The second-order valence-corrected chi connectivity index (χ2v) is 12.5. The maximum atomic E-state index is 14.0. The van der Waals surface area contributed by atoms with Crippen molar-refractivity contribution in [1.82, 2.24) is 32.3 Å². The number of aryl methyl sites for hydroxylation is 1. The number of nitrogens with one attached hydrogen (secondary N) is 6. The number of benzene rings is 2. The average Bonchev–Trinajstić information content (AvgIpc) is 3.70. The Morgan fingerprint density at radius 1 is 1.10 bits per heavy atom. The van der Waals surface area contributed by atoms with Crippen LogP contribution < -0.4 is 37.2 Å². The first-order chi connectivity index (χ1) is 20.2. The van der Waals surface area contributed by atoms with Crippen LogP contribution in [0.4, 0.5) is 5.69 Å². The topological polar surface area (TPSA) is 144 Å². The summed E-state index contributed by atoms with van der Waals surface area (Å²) in [7, 11) is 0. The molecule has 12 heteroatoms. The predicted octanol–water partition coefficient (Wildman–Crippen LogP) is 0.825. The summed E-state index contributed by atoms with van der Waals surface area (Å²) < 4.78 is 1.10. The molecule has 220 valence electrons. The van der Waals surface area contributed by atoms with E-state index in [0.717, 1.165) is 32.5 Å². The number of nitrogens with zero attached hydrogens (tertiary/aromatic N) is 1. The smallest absolute Gasteiger partial charge is 0.250 e. The van der Waals surface area contributed by atoms with E-state index < -0.39 is 23.5 Å². The summed E-state index contributed by atoms with van der Waals surface area (Å²) in [4.78, 5) is 55.4. The quantitative estimate of drug-likeness (QED) is 0.228. The van der Waals surface area contributed by atoms with E-state index in [9.17, 15) is 19.2 Å². The van der Waals surface area contributed by atoms with E-state index in [1.165, 1.54) is 0 Å². The Labute approximate surface area is 247 Å². The van der Waals surface area contributed by atoms with Crippen LogP contribution in [0.3, 0.4) is 0 Å². The first-order valence-electron chi connectivity index (χ1n) is 14.2. The number of carbonyl (C=O) groups excluding carboxylic acids is 4. The van der Waals surface area contributed by atoms with Crippen molar-refractivity contribution in [3.05, 3.63) is 64.5 Å². The number of thiophene rings is 1. The maximum absolute atomic E-state index is 14.0. The van der Waals surface area contributed by atoms with Gasteiger partial charge in [-0.25, -0.2) is 10.9 Å². The van der Waals surface area contributed by atoms with Crippen molar-refractivity contribution < 1.29 is 19.2 Å². The summed E-state index contributed by atoms with van der Waals surface area (Å²) in [5, 5.41) is 11.7. The lowest BCUT2D eigenvalue weighted by Crippen LogP contribution is -2.60. The Kier molecular flexibility index (Phi) is 7.71. The number of amides is 4. The van der Waals surface area contributed by atoms with Gasteiger partial charge in [-0.15, -0.1) is 11.3 Å². The van der Waals surface area contributed by atoms with Gasteiger partial charge in [0.05, 0.1) is 18.2 Å². The number of para-hydroxylation sites is 1. The summed E-state index contributed by atoms with van der Waals surface area (Å²) in [6.07, 6.45) is 1.52. The third-order valence-electron chi connectivity index (χ3n) is 8.18.